The molecule has 0 aromatic heterocycles. The van der Waals surface area contributed by atoms with Crippen molar-refractivity contribution in [2.75, 3.05) is 19.8 Å². The first-order valence-corrected chi connectivity index (χ1v) is 5.55. The van der Waals surface area contributed by atoms with Crippen molar-refractivity contribution in [3.63, 3.8) is 0 Å². The van der Waals surface area contributed by atoms with Gasteiger partial charge in [-0.2, -0.15) is 0 Å². The minimum atomic E-state index is 0.0141. The summed E-state index contributed by atoms with van der Waals surface area (Å²) in [6, 6.07) is 0.0141. The first-order chi connectivity index (χ1) is 7.19. The molecule has 86 valence electrons. The highest BCUT2D eigenvalue weighted by Crippen LogP contribution is 2.14. The van der Waals surface area contributed by atoms with Gasteiger partial charge in [0.05, 0.1) is 13.2 Å². The Morgan fingerprint density at radius 3 is 2.47 bits per heavy atom. The van der Waals surface area contributed by atoms with E-state index in [-0.39, 0.29) is 6.04 Å². The molecule has 0 aliphatic carbocycles. The Morgan fingerprint density at radius 1 is 1.27 bits per heavy atom. The van der Waals surface area contributed by atoms with Gasteiger partial charge in [-0.3, -0.25) is 0 Å². The lowest BCUT2D eigenvalue weighted by Gasteiger charge is -2.23. The van der Waals surface area contributed by atoms with Crippen molar-refractivity contribution in [1.29, 1.82) is 0 Å². The van der Waals surface area contributed by atoms with Crippen LogP contribution in [0.25, 0.3) is 0 Å². The predicted octanol–water partition coefficient (Wildman–Crippen LogP) is 1.89. The first-order valence-electron chi connectivity index (χ1n) is 5.55. The van der Waals surface area contributed by atoms with Gasteiger partial charge >= 0.3 is 0 Å². The maximum atomic E-state index is 5.47. The summed E-state index contributed by atoms with van der Waals surface area (Å²) in [7, 11) is 0. The fourth-order valence-corrected chi connectivity index (χ4v) is 1.45. The average molecular weight is 212 g/mol. The van der Waals surface area contributed by atoms with Crippen molar-refractivity contribution >= 4 is 11.8 Å². The summed E-state index contributed by atoms with van der Waals surface area (Å²) >= 11 is 0. The Hall–Kier alpha value is -1.06. The van der Waals surface area contributed by atoms with E-state index in [4.69, 9.17) is 9.47 Å². The van der Waals surface area contributed by atoms with Crippen LogP contribution >= 0.6 is 0 Å². The van der Waals surface area contributed by atoms with Crippen LogP contribution < -0.4 is 0 Å². The molecule has 0 aromatic carbocycles. The Labute approximate surface area is 91.4 Å². The largest absolute Gasteiger partial charge is 0.480 e. The van der Waals surface area contributed by atoms with E-state index in [1.54, 1.807) is 0 Å². The molecule has 1 unspecified atom stereocenters. The molecular weight excluding hydrogens is 192 g/mol. The van der Waals surface area contributed by atoms with Crippen LogP contribution in [0, 0.1) is 5.92 Å². The lowest BCUT2D eigenvalue weighted by Crippen LogP contribution is -2.33. The maximum Gasteiger partial charge on any atom is 0.209 e. The fraction of sp³-hybridized carbons (Fsp3) is 0.818. The highest BCUT2D eigenvalue weighted by molar-refractivity contribution is 5.92. The van der Waals surface area contributed by atoms with Crippen molar-refractivity contribution in [2.45, 2.75) is 33.7 Å². The van der Waals surface area contributed by atoms with Crippen molar-refractivity contribution in [3.05, 3.63) is 0 Å². The third-order valence-electron chi connectivity index (χ3n) is 2.14. The molecule has 0 bridgehead atoms. The van der Waals surface area contributed by atoms with E-state index in [0.717, 1.165) is 11.8 Å². The highest BCUT2D eigenvalue weighted by atomic mass is 16.5. The standard InChI is InChI=1S/C11H20N2O2/c1-5-14-9-7-12-11(15-6-2)10(13-9)8(3)4/h8,10H,5-7H2,1-4H3. The van der Waals surface area contributed by atoms with Crippen molar-refractivity contribution in [2.24, 2.45) is 15.9 Å². The number of rotatable bonds is 3. The van der Waals surface area contributed by atoms with Gasteiger partial charge in [-0.05, 0) is 19.8 Å². The normalized spacial score (nSPS) is 21.0. The highest BCUT2D eigenvalue weighted by Gasteiger charge is 2.25. The molecule has 0 spiro atoms. The van der Waals surface area contributed by atoms with Crippen LogP contribution in [-0.4, -0.2) is 37.6 Å². The third-order valence-corrected chi connectivity index (χ3v) is 2.14. The van der Waals surface area contributed by atoms with Gasteiger partial charge in [0.2, 0.25) is 11.8 Å². The van der Waals surface area contributed by atoms with Gasteiger partial charge < -0.3 is 9.47 Å². The van der Waals surface area contributed by atoms with Gasteiger partial charge in [-0.15, -0.1) is 0 Å². The predicted molar refractivity (Wildman–Crippen MR) is 61.6 cm³/mol. The summed E-state index contributed by atoms with van der Waals surface area (Å²) in [5.74, 6) is 1.85. The molecule has 1 atom stereocenters. The van der Waals surface area contributed by atoms with Crippen LogP contribution in [0.15, 0.2) is 9.98 Å². The Bertz CT molecular complexity index is 259. The molecule has 1 aliphatic heterocycles. The molecule has 1 aliphatic rings. The van der Waals surface area contributed by atoms with E-state index in [2.05, 4.69) is 23.8 Å². The molecule has 0 radical (unpaired) electrons. The van der Waals surface area contributed by atoms with E-state index < -0.39 is 0 Å². The zero-order valence-electron chi connectivity index (χ0n) is 9.99. The number of hydrogen-bond donors (Lipinski definition) is 0. The maximum absolute atomic E-state index is 5.47. The van der Waals surface area contributed by atoms with Gasteiger partial charge in [0.25, 0.3) is 0 Å². The van der Waals surface area contributed by atoms with Crippen LogP contribution in [0.5, 0.6) is 0 Å². The molecule has 4 heteroatoms. The second-order valence-corrected chi connectivity index (χ2v) is 3.73. The SMILES string of the molecule is CCOC1=NC(C(C)C)C(OCC)=NC1. The zero-order valence-corrected chi connectivity index (χ0v) is 9.99. The molecule has 4 nitrogen and oxygen atoms in total. The van der Waals surface area contributed by atoms with Gasteiger partial charge in [0.15, 0.2) is 0 Å². The number of aliphatic imine (C=N–C) groups is 2. The van der Waals surface area contributed by atoms with E-state index in [0.29, 0.717) is 25.7 Å². The summed E-state index contributed by atoms with van der Waals surface area (Å²) in [4.78, 5) is 8.87. The summed E-state index contributed by atoms with van der Waals surface area (Å²) in [5.41, 5.74) is 0. The van der Waals surface area contributed by atoms with E-state index >= 15 is 0 Å². The molecule has 15 heavy (non-hydrogen) atoms. The van der Waals surface area contributed by atoms with Gasteiger partial charge in [-0.1, -0.05) is 13.8 Å². The van der Waals surface area contributed by atoms with Crippen LogP contribution in [-0.2, 0) is 9.47 Å². The Kier molecular flexibility index (Phi) is 4.59. The summed E-state index contributed by atoms with van der Waals surface area (Å²) < 4.78 is 10.8. The molecule has 1 rings (SSSR count). The molecule has 0 fully saturated rings. The van der Waals surface area contributed by atoms with Gasteiger partial charge in [0.1, 0.15) is 12.6 Å². The lowest BCUT2D eigenvalue weighted by atomic mass is 10.0. The molecule has 0 N–H and O–H groups in total. The second-order valence-electron chi connectivity index (χ2n) is 3.73. The van der Waals surface area contributed by atoms with Crippen LogP contribution in [0.3, 0.4) is 0 Å². The molecule has 0 aromatic rings. The lowest BCUT2D eigenvalue weighted by molar-refractivity contribution is 0.285. The van der Waals surface area contributed by atoms with E-state index in [1.807, 2.05) is 13.8 Å². The van der Waals surface area contributed by atoms with E-state index in [9.17, 15) is 0 Å². The average Bonchev–Trinajstić information content (AvgIpc) is 2.21. The number of nitrogens with zero attached hydrogens (tertiary/aromatic N) is 2. The van der Waals surface area contributed by atoms with Crippen molar-refractivity contribution in [1.82, 2.24) is 0 Å². The Morgan fingerprint density at radius 2 is 1.93 bits per heavy atom. The second kappa shape index (κ2) is 5.73. The quantitative estimate of drug-likeness (QED) is 0.717. The summed E-state index contributed by atoms with van der Waals surface area (Å²) in [6.07, 6.45) is 0. The first kappa shape index (κ1) is 12.0. The number of ether oxygens (including phenoxy) is 2. The zero-order chi connectivity index (χ0) is 11.3. The smallest absolute Gasteiger partial charge is 0.209 e. The van der Waals surface area contributed by atoms with Gasteiger partial charge in [0, 0.05) is 0 Å². The van der Waals surface area contributed by atoms with Crippen molar-refractivity contribution in [3.8, 4) is 0 Å². The third kappa shape index (κ3) is 3.22. The molecule has 0 amide bonds. The molecule has 0 saturated carbocycles. The van der Waals surface area contributed by atoms with Gasteiger partial charge in [-0.25, -0.2) is 9.98 Å². The monoisotopic (exact) mass is 212 g/mol. The van der Waals surface area contributed by atoms with Crippen LogP contribution in [0.2, 0.25) is 0 Å². The molecule has 1 heterocycles. The number of hydrogen-bond acceptors (Lipinski definition) is 4. The Balaban J connectivity index is 2.71. The minimum Gasteiger partial charge on any atom is -0.480 e. The van der Waals surface area contributed by atoms with Crippen LogP contribution in [0.1, 0.15) is 27.7 Å². The fourth-order valence-electron chi connectivity index (χ4n) is 1.45. The minimum absolute atomic E-state index is 0.0141. The summed E-state index contributed by atoms with van der Waals surface area (Å²) in [5, 5.41) is 0. The molecule has 0 saturated heterocycles. The van der Waals surface area contributed by atoms with E-state index in [1.165, 1.54) is 0 Å². The van der Waals surface area contributed by atoms with Crippen molar-refractivity contribution < 1.29 is 9.47 Å². The molecular formula is C11H20N2O2. The van der Waals surface area contributed by atoms with Crippen LogP contribution in [0.4, 0.5) is 0 Å². The topological polar surface area (TPSA) is 43.2 Å². The summed E-state index contributed by atoms with van der Waals surface area (Å²) in [6.45, 7) is 9.92.